The number of anilines is 1. The topological polar surface area (TPSA) is 92.8 Å². The lowest BCUT2D eigenvalue weighted by Gasteiger charge is -2.16. The van der Waals surface area contributed by atoms with Crippen LogP contribution < -0.4 is 5.32 Å². The first-order valence-electron chi connectivity index (χ1n) is 9.79. The highest BCUT2D eigenvalue weighted by Gasteiger charge is 2.35. The van der Waals surface area contributed by atoms with Crippen LogP contribution in [-0.4, -0.2) is 41.7 Å². The molecular formula is C23H24N2O5. The molecule has 2 aromatic carbocycles. The van der Waals surface area contributed by atoms with Gasteiger partial charge in [-0.25, -0.2) is 0 Å². The van der Waals surface area contributed by atoms with Crippen molar-refractivity contribution in [3.63, 3.8) is 0 Å². The molecule has 0 unspecified atom stereocenters. The van der Waals surface area contributed by atoms with E-state index in [1.165, 1.54) is 0 Å². The Labute approximate surface area is 175 Å². The first kappa shape index (κ1) is 21.2. The third kappa shape index (κ3) is 4.40. The monoisotopic (exact) mass is 408 g/mol. The van der Waals surface area contributed by atoms with Gasteiger partial charge in [0.25, 0.3) is 17.7 Å². The summed E-state index contributed by atoms with van der Waals surface area (Å²) >= 11 is 0. The molecule has 7 nitrogen and oxygen atoms in total. The number of hydrogen-bond donors (Lipinski definition) is 1. The Balaban J connectivity index is 1.51. The van der Waals surface area contributed by atoms with E-state index in [2.05, 4.69) is 5.32 Å². The number of rotatable bonds is 7. The summed E-state index contributed by atoms with van der Waals surface area (Å²) in [6, 6.07) is 12.3. The molecule has 0 fully saturated rings. The highest BCUT2D eigenvalue weighted by molar-refractivity contribution is 6.21. The maximum Gasteiger partial charge on any atom is 0.308 e. The molecule has 7 heteroatoms. The molecule has 0 spiro atoms. The van der Waals surface area contributed by atoms with Crippen molar-refractivity contribution in [2.45, 2.75) is 33.1 Å². The Morgan fingerprint density at radius 1 is 1.00 bits per heavy atom. The second-order valence-corrected chi connectivity index (χ2v) is 7.46. The second kappa shape index (κ2) is 8.90. The van der Waals surface area contributed by atoms with Gasteiger partial charge in [0.05, 0.1) is 17.5 Å². The highest BCUT2D eigenvalue weighted by atomic mass is 16.5. The van der Waals surface area contributed by atoms with E-state index in [1.807, 2.05) is 39.0 Å². The molecule has 0 aromatic heterocycles. The first-order chi connectivity index (χ1) is 14.3. The van der Waals surface area contributed by atoms with Gasteiger partial charge in [-0.1, -0.05) is 44.2 Å². The Kier molecular flexibility index (Phi) is 6.30. The van der Waals surface area contributed by atoms with Gasteiger partial charge in [0.2, 0.25) is 0 Å². The minimum atomic E-state index is -0.657. The summed E-state index contributed by atoms with van der Waals surface area (Å²) in [5.74, 6) is -1.73. The molecule has 0 atom stereocenters. The summed E-state index contributed by atoms with van der Waals surface area (Å²) in [7, 11) is 0. The predicted octanol–water partition coefficient (Wildman–Crippen LogP) is 3.29. The fourth-order valence-corrected chi connectivity index (χ4v) is 3.38. The highest BCUT2D eigenvalue weighted by Crippen LogP contribution is 2.27. The molecule has 3 rings (SSSR count). The van der Waals surface area contributed by atoms with Crippen molar-refractivity contribution < 1.29 is 23.9 Å². The van der Waals surface area contributed by atoms with Gasteiger partial charge in [-0.15, -0.1) is 0 Å². The number of imide groups is 1. The summed E-state index contributed by atoms with van der Waals surface area (Å²) in [6.45, 7) is 5.43. The van der Waals surface area contributed by atoms with Gasteiger partial charge in [-0.3, -0.25) is 24.1 Å². The number of fused-ring (bicyclic) bond motifs is 1. The maximum atomic E-state index is 12.3. The lowest BCUT2D eigenvalue weighted by atomic mass is 9.98. The van der Waals surface area contributed by atoms with Gasteiger partial charge in [0.15, 0.2) is 6.61 Å². The Bertz CT molecular complexity index is 977. The summed E-state index contributed by atoms with van der Waals surface area (Å²) in [5, 5.41) is 2.80. The van der Waals surface area contributed by atoms with Crippen molar-refractivity contribution in [3.8, 4) is 0 Å². The smallest absolute Gasteiger partial charge is 0.308 e. The molecule has 1 aliphatic heterocycles. The average Bonchev–Trinajstić information content (AvgIpc) is 2.96. The Morgan fingerprint density at radius 2 is 1.63 bits per heavy atom. The van der Waals surface area contributed by atoms with E-state index in [0.29, 0.717) is 11.1 Å². The zero-order chi connectivity index (χ0) is 21.8. The molecule has 0 saturated heterocycles. The quantitative estimate of drug-likeness (QED) is 0.561. The molecule has 1 aliphatic rings. The molecule has 1 N–H and O–H groups in total. The Hall–Kier alpha value is -3.48. The molecule has 0 bridgehead atoms. The van der Waals surface area contributed by atoms with E-state index in [0.717, 1.165) is 21.7 Å². The summed E-state index contributed by atoms with van der Waals surface area (Å²) in [6.07, 6.45) is -0.180. The fourth-order valence-electron chi connectivity index (χ4n) is 3.38. The van der Waals surface area contributed by atoms with E-state index < -0.39 is 30.3 Å². The van der Waals surface area contributed by atoms with Gasteiger partial charge in [0.1, 0.15) is 0 Å². The first-order valence-corrected chi connectivity index (χ1v) is 9.79. The number of amides is 3. The number of carbonyl (C=O) groups is 4. The molecule has 0 aliphatic carbocycles. The van der Waals surface area contributed by atoms with Crippen LogP contribution in [0.5, 0.6) is 0 Å². The maximum absolute atomic E-state index is 12.3. The fraction of sp³-hybridized carbons (Fsp3) is 0.304. The minimum absolute atomic E-state index is 0.0951. The zero-order valence-corrected chi connectivity index (χ0v) is 17.2. The second-order valence-electron chi connectivity index (χ2n) is 7.46. The van der Waals surface area contributed by atoms with E-state index in [4.69, 9.17) is 4.74 Å². The molecule has 30 heavy (non-hydrogen) atoms. The largest absolute Gasteiger partial charge is 0.456 e. The minimum Gasteiger partial charge on any atom is -0.456 e. The number of esters is 1. The summed E-state index contributed by atoms with van der Waals surface area (Å²) in [5.41, 5.74) is 3.30. The number of nitrogens with one attached hydrogen (secondary N) is 1. The third-order valence-corrected chi connectivity index (χ3v) is 4.97. The van der Waals surface area contributed by atoms with Crippen molar-refractivity contribution in [2.24, 2.45) is 0 Å². The van der Waals surface area contributed by atoms with Crippen molar-refractivity contribution in [2.75, 3.05) is 18.5 Å². The number of carbonyl (C=O) groups excluding carboxylic acids is 4. The van der Waals surface area contributed by atoms with E-state index in [-0.39, 0.29) is 18.9 Å². The molecule has 1 heterocycles. The van der Waals surface area contributed by atoms with Gasteiger partial charge in [0, 0.05) is 12.2 Å². The third-order valence-electron chi connectivity index (χ3n) is 4.97. The van der Waals surface area contributed by atoms with E-state index in [9.17, 15) is 19.2 Å². The van der Waals surface area contributed by atoms with Crippen LogP contribution in [0, 0.1) is 6.92 Å². The number of ether oxygens (including phenoxy) is 1. The van der Waals surface area contributed by atoms with Gasteiger partial charge >= 0.3 is 5.97 Å². The number of aryl methyl sites for hydroxylation is 1. The van der Waals surface area contributed by atoms with Crippen LogP contribution in [0.25, 0.3) is 0 Å². The van der Waals surface area contributed by atoms with Crippen molar-refractivity contribution in [3.05, 3.63) is 64.7 Å². The van der Waals surface area contributed by atoms with E-state index in [1.54, 1.807) is 24.3 Å². The standard InChI is InChI=1S/C23H24N2O5/c1-14(2)16-10-6-7-15(3)21(16)24-19(26)13-30-20(27)11-12-25-22(28)17-8-4-5-9-18(17)23(25)29/h4-10,14H,11-13H2,1-3H3,(H,24,26). The normalized spacial score (nSPS) is 12.9. The van der Waals surface area contributed by atoms with Crippen molar-refractivity contribution >= 4 is 29.4 Å². The van der Waals surface area contributed by atoms with Crippen molar-refractivity contribution in [1.82, 2.24) is 4.90 Å². The number of hydrogen-bond acceptors (Lipinski definition) is 5. The van der Waals surface area contributed by atoms with Crippen LogP contribution in [0.1, 0.15) is 58.0 Å². The lowest BCUT2D eigenvalue weighted by molar-refractivity contribution is -0.147. The number of benzene rings is 2. The van der Waals surface area contributed by atoms with Crippen LogP contribution >= 0.6 is 0 Å². The lowest BCUT2D eigenvalue weighted by Crippen LogP contribution is -2.32. The molecule has 0 radical (unpaired) electrons. The number of nitrogens with zero attached hydrogens (tertiary/aromatic N) is 1. The number of para-hydroxylation sites is 1. The van der Waals surface area contributed by atoms with Crippen LogP contribution in [0.3, 0.4) is 0 Å². The van der Waals surface area contributed by atoms with E-state index >= 15 is 0 Å². The van der Waals surface area contributed by atoms with Crippen LogP contribution in [-0.2, 0) is 14.3 Å². The zero-order valence-electron chi connectivity index (χ0n) is 17.2. The molecule has 156 valence electrons. The molecule has 0 saturated carbocycles. The van der Waals surface area contributed by atoms with Gasteiger partial charge < -0.3 is 10.1 Å². The molecule has 3 amide bonds. The van der Waals surface area contributed by atoms with Gasteiger partial charge in [-0.2, -0.15) is 0 Å². The summed E-state index contributed by atoms with van der Waals surface area (Å²) in [4.78, 5) is 49.9. The van der Waals surface area contributed by atoms with Crippen LogP contribution in [0.4, 0.5) is 5.69 Å². The average molecular weight is 408 g/mol. The summed E-state index contributed by atoms with van der Waals surface area (Å²) < 4.78 is 5.02. The van der Waals surface area contributed by atoms with Crippen LogP contribution in [0.2, 0.25) is 0 Å². The Morgan fingerprint density at radius 3 is 2.23 bits per heavy atom. The SMILES string of the molecule is Cc1cccc(C(C)C)c1NC(=O)COC(=O)CCN1C(=O)c2ccccc2C1=O. The molecule has 2 aromatic rings. The predicted molar refractivity (Wildman–Crippen MR) is 111 cm³/mol. The van der Waals surface area contributed by atoms with Crippen molar-refractivity contribution in [1.29, 1.82) is 0 Å². The van der Waals surface area contributed by atoms with Gasteiger partial charge in [-0.05, 0) is 36.1 Å². The molecular weight excluding hydrogens is 384 g/mol. The van der Waals surface area contributed by atoms with Crippen LogP contribution in [0.15, 0.2) is 42.5 Å².